The molecule has 32 heavy (non-hydrogen) atoms. The van der Waals surface area contributed by atoms with Crippen molar-refractivity contribution in [3.8, 4) is 5.95 Å². The Labute approximate surface area is 181 Å². The number of fused-ring (bicyclic) bond motifs is 3. The van der Waals surface area contributed by atoms with E-state index in [9.17, 15) is 18.0 Å². The van der Waals surface area contributed by atoms with E-state index in [4.69, 9.17) is 9.15 Å². The maximum Gasteiger partial charge on any atom is 0.416 e. The van der Waals surface area contributed by atoms with Crippen LogP contribution in [0.2, 0.25) is 0 Å². The van der Waals surface area contributed by atoms with Crippen LogP contribution in [-0.4, -0.2) is 29.4 Å². The van der Waals surface area contributed by atoms with Crippen LogP contribution in [0.5, 0.6) is 5.95 Å². The predicted molar refractivity (Wildman–Crippen MR) is 112 cm³/mol. The molecule has 0 saturated carbocycles. The van der Waals surface area contributed by atoms with E-state index < -0.39 is 23.7 Å². The van der Waals surface area contributed by atoms with Crippen molar-refractivity contribution in [2.24, 2.45) is 0 Å². The Morgan fingerprint density at radius 3 is 2.69 bits per heavy atom. The van der Waals surface area contributed by atoms with Crippen molar-refractivity contribution in [2.45, 2.75) is 18.6 Å². The smallest absolute Gasteiger partial charge is 0.416 e. The number of hydrogen-bond donors (Lipinski definition) is 1. The largest absolute Gasteiger partial charge is 0.468 e. The van der Waals surface area contributed by atoms with Gasteiger partial charge >= 0.3 is 6.18 Å². The number of nitrogens with one attached hydrogen (secondary N) is 1. The molecule has 3 heterocycles. The number of furan rings is 1. The molecule has 164 valence electrons. The maximum absolute atomic E-state index is 13.4. The fourth-order valence-corrected chi connectivity index (χ4v) is 4.38. The molecule has 1 N–H and O–H groups in total. The van der Waals surface area contributed by atoms with Gasteiger partial charge in [0.25, 0.3) is 11.9 Å². The molecular formula is C24H19F3N2O3. The molecule has 2 aromatic carbocycles. The van der Waals surface area contributed by atoms with Gasteiger partial charge in [-0.3, -0.25) is 4.79 Å². The molecule has 1 amide bonds. The number of rotatable bonds is 3. The van der Waals surface area contributed by atoms with Gasteiger partial charge in [-0.05, 0) is 41.8 Å². The molecule has 0 bridgehead atoms. The highest BCUT2D eigenvalue weighted by Crippen LogP contribution is 2.41. The molecule has 0 fully saturated rings. The first-order valence-electron chi connectivity index (χ1n) is 10.1. The lowest BCUT2D eigenvalue weighted by Crippen LogP contribution is -2.40. The fraction of sp³-hybridized carbons (Fsp3) is 0.208. The highest BCUT2D eigenvalue weighted by molar-refractivity contribution is 5.93. The number of methoxy groups -OCH3 is 1. The molecule has 1 aliphatic rings. The van der Waals surface area contributed by atoms with Crippen molar-refractivity contribution in [3.05, 3.63) is 88.8 Å². The molecule has 0 aliphatic carbocycles. The lowest BCUT2D eigenvalue weighted by Gasteiger charge is -2.36. The van der Waals surface area contributed by atoms with Crippen LogP contribution in [0.25, 0.3) is 10.9 Å². The first-order chi connectivity index (χ1) is 15.4. The lowest BCUT2D eigenvalue weighted by molar-refractivity contribution is -0.137. The highest BCUT2D eigenvalue weighted by Gasteiger charge is 2.38. The third kappa shape index (κ3) is 3.32. The fourth-order valence-electron chi connectivity index (χ4n) is 4.38. The van der Waals surface area contributed by atoms with E-state index in [1.165, 1.54) is 25.3 Å². The van der Waals surface area contributed by atoms with E-state index in [0.717, 1.165) is 28.6 Å². The number of carbonyl (C=O) groups is 1. The summed E-state index contributed by atoms with van der Waals surface area (Å²) in [5.41, 5.74) is 2.21. The van der Waals surface area contributed by atoms with Gasteiger partial charge in [-0.2, -0.15) is 13.2 Å². The molecule has 5 nitrogen and oxygen atoms in total. The molecule has 2 aromatic heterocycles. The molecule has 0 spiro atoms. The minimum absolute atomic E-state index is 0.0680. The SMILES string of the molecule is COc1ccc(C(=O)N2CCc3c([nH]c4ccccc34)[C@@H]2c2cccc(C(F)(F)F)c2)o1. The number of alkyl halides is 3. The monoisotopic (exact) mass is 440 g/mol. The van der Waals surface area contributed by atoms with Gasteiger partial charge in [0.05, 0.1) is 18.7 Å². The summed E-state index contributed by atoms with van der Waals surface area (Å²) >= 11 is 0. The van der Waals surface area contributed by atoms with Gasteiger partial charge in [-0.1, -0.05) is 30.3 Å². The molecule has 1 aliphatic heterocycles. The topological polar surface area (TPSA) is 58.5 Å². The normalized spacial score (nSPS) is 16.2. The van der Waals surface area contributed by atoms with Crippen LogP contribution in [0.1, 0.15) is 39.0 Å². The zero-order chi connectivity index (χ0) is 22.5. The Morgan fingerprint density at radius 2 is 1.94 bits per heavy atom. The van der Waals surface area contributed by atoms with Gasteiger partial charge < -0.3 is 19.0 Å². The number of halogens is 3. The van der Waals surface area contributed by atoms with Gasteiger partial charge in [0, 0.05) is 29.2 Å². The van der Waals surface area contributed by atoms with Crippen LogP contribution < -0.4 is 4.74 Å². The van der Waals surface area contributed by atoms with Gasteiger partial charge in [-0.15, -0.1) is 0 Å². The summed E-state index contributed by atoms with van der Waals surface area (Å²) in [6.45, 7) is 0.331. The van der Waals surface area contributed by atoms with Gasteiger partial charge in [-0.25, -0.2) is 0 Å². The Kier molecular flexibility index (Phi) is 4.73. The average molecular weight is 440 g/mol. The number of para-hydroxylation sites is 1. The van der Waals surface area contributed by atoms with Crippen molar-refractivity contribution in [3.63, 3.8) is 0 Å². The van der Waals surface area contributed by atoms with Gasteiger partial charge in [0.2, 0.25) is 0 Å². The number of carbonyl (C=O) groups excluding carboxylic acids is 1. The summed E-state index contributed by atoms with van der Waals surface area (Å²) < 4.78 is 50.8. The van der Waals surface area contributed by atoms with E-state index in [2.05, 4.69) is 4.98 Å². The van der Waals surface area contributed by atoms with Crippen molar-refractivity contribution in [1.29, 1.82) is 0 Å². The predicted octanol–water partition coefficient (Wildman–Crippen LogP) is 5.58. The lowest BCUT2D eigenvalue weighted by atomic mass is 9.91. The van der Waals surface area contributed by atoms with Crippen LogP contribution in [-0.2, 0) is 12.6 Å². The first kappa shape index (κ1) is 20.2. The number of nitrogens with zero attached hydrogens (tertiary/aromatic N) is 1. The Balaban J connectivity index is 1.66. The zero-order valence-corrected chi connectivity index (χ0v) is 17.1. The van der Waals surface area contributed by atoms with Gasteiger partial charge in [0.1, 0.15) is 0 Å². The number of aromatic nitrogens is 1. The van der Waals surface area contributed by atoms with E-state index in [0.29, 0.717) is 24.2 Å². The minimum Gasteiger partial charge on any atom is -0.468 e. The third-order valence-corrected chi connectivity index (χ3v) is 5.82. The van der Waals surface area contributed by atoms with E-state index in [1.54, 1.807) is 11.0 Å². The van der Waals surface area contributed by atoms with Crippen LogP contribution in [0.4, 0.5) is 13.2 Å². The number of hydrogen-bond acceptors (Lipinski definition) is 3. The number of benzene rings is 2. The molecule has 5 rings (SSSR count). The Hall–Kier alpha value is -3.68. The van der Waals surface area contributed by atoms with Crippen LogP contribution in [0.3, 0.4) is 0 Å². The summed E-state index contributed by atoms with van der Waals surface area (Å²) in [6, 6.07) is 15.1. The third-order valence-electron chi connectivity index (χ3n) is 5.82. The summed E-state index contributed by atoms with van der Waals surface area (Å²) in [5, 5.41) is 1.01. The van der Waals surface area contributed by atoms with Gasteiger partial charge in [0.15, 0.2) is 5.76 Å². The number of aromatic amines is 1. The van der Waals surface area contributed by atoms with Crippen LogP contribution >= 0.6 is 0 Å². The Morgan fingerprint density at radius 1 is 1.12 bits per heavy atom. The van der Waals surface area contributed by atoms with Crippen molar-refractivity contribution in [2.75, 3.05) is 13.7 Å². The standard InChI is InChI=1S/C24H19F3N2O3/c1-31-20-10-9-19(32-20)23(30)29-12-11-17-16-7-2-3-8-18(16)28-21(17)22(29)14-5-4-6-15(13-14)24(25,26)27/h2-10,13,22,28H,11-12H2,1H3/t22-/m0/s1. The molecular weight excluding hydrogens is 421 g/mol. The maximum atomic E-state index is 13.4. The van der Waals surface area contributed by atoms with Crippen LogP contribution in [0, 0.1) is 0 Å². The summed E-state index contributed by atoms with van der Waals surface area (Å²) in [7, 11) is 1.43. The summed E-state index contributed by atoms with van der Waals surface area (Å²) in [4.78, 5) is 18.3. The van der Waals surface area contributed by atoms with Crippen LogP contribution in [0.15, 0.2) is 65.1 Å². The second-order valence-electron chi connectivity index (χ2n) is 7.66. The van der Waals surface area contributed by atoms with E-state index in [-0.39, 0.29) is 11.7 Å². The molecule has 0 unspecified atom stereocenters. The molecule has 8 heteroatoms. The minimum atomic E-state index is -4.49. The van der Waals surface area contributed by atoms with E-state index in [1.807, 2.05) is 24.3 Å². The Bertz CT molecular complexity index is 1310. The molecule has 4 aromatic rings. The summed E-state index contributed by atoms with van der Waals surface area (Å²) in [6.07, 6.45) is -3.92. The second-order valence-corrected chi connectivity index (χ2v) is 7.66. The number of ether oxygens (including phenoxy) is 1. The molecule has 1 atom stereocenters. The van der Waals surface area contributed by atoms with Crippen molar-refractivity contribution in [1.82, 2.24) is 9.88 Å². The molecule has 0 saturated heterocycles. The zero-order valence-electron chi connectivity index (χ0n) is 17.1. The van der Waals surface area contributed by atoms with Crippen molar-refractivity contribution < 1.29 is 27.1 Å². The quantitative estimate of drug-likeness (QED) is 0.453. The van der Waals surface area contributed by atoms with E-state index >= 15 is 0 Å². The first-order valence-corrected chi connectivity index (χ1v) is 10.1. The number of H-pyrrole nitrogens is 1. The second kappa shape index (κ2) is 7.47. The number of amides is 1. The summed E-state index contributed by atoms with van der Waals surface area (Å²) in [5.74, 6) is -0.161. The average Bonchev–Trinajstić information content (AvgIpc) is 3.42. The molecule has 0 radical (unpaired) electrons. The highest BCUT2D eigenvalue weighted by atomic mass is 19.4. The van der Waals surface area contributed by atoms with Crippen molar-refractivity contribution >= 4 is 16.8 Å².